The van der Waals surface area contributed by atoms with Crippen LogP contribution in [0.15, 0.2) is 146 Å². The second-order valence-electron chi connectivity index (χ2n) is 17.1. The maximum Gasteiger partial charge on any atom is 0.197 e. The van der Waals surface area contributed by atoms with E-state index in [-0.39, 0.29) is 10.8 Å². The summed E-state index contributed by atoms with van der Waals surface area (Å²) in [6, 6.07) is 54.7. The molecular weight excluding hydrogens is 769 g/mol. The van der Waals surface area contributed by atoms with Gasteiger partial charge in [-0.05, 0) is 81.6 Å². The molecule has 6 heteroatoms. The number of rotatable bonds is 2. The molecule has 60 heavy (non-hydrogen) atoms. The number of anilines is 6. The van der Waals surface area contributed by atoms with Crippen molar-refractivity contribution in [2.45, 2.75) is 38.5 Å². The second-order valence-corrected chi connectivity index (χ2v) is 19.2. The van der Waals surface area contributed by atoms with Gasteiger partial charge in [0.25, 0.3) is 0 Å². The molecule has 0 unspecified atom stereocenters. The first kappa shape index (κ1) is 35.0. The first-order valence-electron chi connectivity index (χ1n) is 20.3. The second kappa shape index (κ2) is 12.3. The number of thiophene rings is 2. The van der Waals surface area contributed by atoms with Crippen LogP contribution in [0.5, 0.6) is 0 Å². The molecule has 0 fully saturated rings. The molecule has 10 aromatic rings. The number of benzene rings is 8. The molecule has 4 heterocycles. The van der Waals surface area contributed by atoms with Gasteiger partial charge in [0.1, 0.15) is 0 Å². The van der Waals surface area contributed by atoms with Crippen molar-refractivity contribution >= 4 is 114 Å². The van der Waals surface area contributed by atoms with Gasteiger partial charge < -0.3 is 9.80 Å². The molecule has 0 saturated carbocycles. The standard InChI is InChI=1S/C54H36N4S2/c1-53(2)40-16-8-10-18-45(40)57(49-42(53)24-22-36-34-14-6-12-20-47(34)59-51(36)49)32-26-31(30-55)38-27-33(29-44(56-5)39(38)28-32)58-46-19-11-9-17-41(46)54(3,4)43-25-23-37-35-15-7-13-21-48(35)60-52(37)50(43)58/h6-29H,1-4H3. The van der Waals surface area contributed by atoms with Crippen LogP contribution in [0.25, 0.3) is 56.0 Å². The minimum absolute atomic E-state index is 0.269. The first-order valence-corrected chi connectivity index (χ1v) is 21.9. The van der Waals surface area contributed by atoms with Crippen LogP contribution >= 0.6 is 22.7 Å². The summed E-state index contributed by atoms with van der Waals surface area (Å²) in [6.07, 6.45) is 0. The van der Waals surface area contributed by atoms with Crippen molar-refractivity contribution in [3.63, 3.8) is 0 Å². The third-order valence-electron chi connectivity index (χ3n) is 13.2. The van der Waals surface area contributed by atoms with Gasteiger partial charge in [0, 0.05) is 53.1 Å². The Morgan fingerprint density at radius 1 is 0.500 bits per heavy atom. The Bertz CT molecular complexity index is 3370. The Hall–Kier alpha value is -6.96. The quantitative estimate of drug-likeness (QED) is 0.163. The molecule has 4 nitrogen and oxygen atoms in total. The fraction of sp³-hybridized carbons (Fsp3) is 0.111. The highest BCUT2D eigenvalue weighted by molar-refractivity contribution is 7.26. The molecule has 284 valence electrons. The number of para-hydroxylation sites is 2. The van der Waals surface area contributed by atoms with Gasteiger partial charge in [-0.2, -0.15) is 5.26 Å². The topological polar surface area (TPSA) is 34.6 Å². The third kappa shape index (κ3) is 4.58. The summed E-state index contributed by atoms with van der Waals surface area (Å²) in [5.74, 6) is 0. The zero-order valence-electron chi connectivity index (χ0n) is 33.5. The number of nitrogens with zero attached hydrogens (tertiary/aromatic N) is 4. The van der Waals surface area contributed by atoms with Crippen molar-refractivity contribution < 1.29 is 0 Å². The van der Waals surface area contributed by atoms with E-state index in [1.165, 1.54) is 62.6 Å². The van der Waals surface area contributed by atoms with Gasteiger partial charge in [-0.1, -0.05) is 125 Å². The molecule has 0 N–H and O–H groups in total. The zero-order chi connectivity index (χ0) is 40.7. The van der Waals surface area contributed by atoms with Crippen LogP contribution in [0.2, 0.25) is 0 Å². The molecule has 0 spiro atoms. The van der Waals surface area contributed by atoms with E-state index in [4.69, 9.17) is 6.57 Å². The van der Waals surface area contributed by atoms with E-state index < -0.39 is 0 Å². The largest absolute Gasteiger partial charge is 0.310 e. The van der Waals surface area contributed by atoms with Crippen LogP contribution in [-0.4, -0.2) is 0 Å². The van der Waals surface area contributed by atoms with E-state index in [9.17, 15) is 5.26 Å². The van der Waals surface area contributed by atoms with Gasteiger partial charge in [-0.3, -0.25) is 0 Å². The average molecular weight is 805 g/mol. The normalized spacial score (nSPS) is 14.8. The lowest BCUT2D eigenvalue weighted by Crippen LogP contribution is -2.30. The lowest BCUT2D eigenvalue weighted by Gasteiger charge is -2.43. The minimum atomic E-state index is -0.270. The summed E-state index contributed by atoms with van der Waals surface area (Å²) >= 11 is 3.64. The highest BCUT2D eigenvalue weighted by atomic mass is 32.1. The summed E-state index contributed by atoms with van der Waals surface area (Å²) in [7, 11) is 0. The molecule has 2 aromatic heterocycles. The predicted molar refractivity (Wildman–Crippen MR) is 254 cm³/mol. The molecule has 0 atom stereocenters. The molecule has 0 aliphatic carbocycles. The lowest BCUT2D eigenvalue weighted by atomic mass is 9.73. The Labute approximate surface area is 356 Å². The van der Waals surface area contributed by atoms with Crippen LogP contribution in [0.4, 0.5) is 39.8 Å². The summed E-state index contributed by atoms with van der Waals surface area (Å²) < 4.78 is 4.92. The average Bonchev–Trinajstić information content (AvgIpc) is 3.85. The molecule has 0 bridgehead atoms. The van der Waals surface area contributed by atoms with Gasteiger partial charge in [0.2, 0.25) is 0 Å². The fourth-order valence-corrected chi connectivity index (χ4v) is 12.8. The predicted octanol–water partition coefficient (Wildman–Crippen LogP) is 16.2. The van der Waals surface area contributed by atoms with E-state index in [2.05, 4.69) is 182 Å². The van der Waals surface area contributed by atoms with Gasteiger partial charge in [-0.15, -0.1) is 22.7 Å². The van der Waals surface area contributed by atoms with Crippen molar-refractivity contribution in [1.29, 1.82) is 5.26 Å². The van der Waals surface area contributed by atoms with Crippen molar-refractivity contribution in [2.75, 3.05) is 9.80 Å². The molecular formula is C54H36N4S2. The maximum absolute atomic E-state index is 11.1. The smallest absolute Gasteiger partial charge is 0.197 e. The van der Waals surface area contributed by atoms with E-state index in [0.717, 1.165) is 44.9 Å². The molecule has 2 aliphatic heterocycles. The number of nitriles is 1. The van der Waals surface area contributed by atoms with Crippen LogP contribution in [-0.2, 0) is 10.8 Å². The van der Waals surface area contributed by atoms with E-state index in [1.807, 2.05) is 34.8 Å². The monoisotopic (exact) mass is 804 g/mol. The first-order chi connectivity index (χ1) is 29.2. The molecule has 8 aromatic carbocycles. The summed E-state index contributed by atoms with van der Waals surface area (Å²) in [5, 5.41) is 17.6. The van der Waals surface area contributed by atoms with E-state index in [0.29, 0.717) is 11.3 Å². The number of hydrogen-bond acceptors (Lipinski definition) is 5. The van der Waals surface area contributed by atoms with Crippen LogP contribution in [0, 0.1) is 17.9 Å². The molecule has 2 aliphatic rings. The lowest BCUT2D eigenvalue weighted by molar-refractivity contribution is 0.633. The Morgan fingerprint density at radius 3 is 1.48 bits per heavy atom. The number of hydrogen-bond donors (Lipinski definition) is 0. The Balaban J connectivity index is 1.13. The van der Waals surface area contributed by atoms with E-state index >= 15 is 0 Å². The number of fused-ring (bicyclic) bond motifs is 13. The van der Waals surface area contributed by atoms with Crippen molar-refractivity contribution in [3.05, 3.63) is 185 Å². The Morgan fingerprint density at radius 2 is 0.967 bits per heavy atom. The van der Waals surface area contributed by atoms with Gasteiger partial charge in [0.15, 0.2) is 5.69 Å². The van der Waals surface area contributed by atoms with Gasteiger partial charge in [0.05, 0.1) is 50.4 Å². The summed E-state index contributed by atoms with van der Waals surface area (Å²) in [5.41, 5.74) is 11.6. The SMILES string of the molecule is [C-]#[N+]c1cc(N2c3ccccc3C(C)(C)c3ccc4c(sc5ccccc54)c32)cc2c(C#N)cc(N3c4ccccc4C(C)(C)c4ccc5c(sc6ccccc65)c43)cc12. The molecule has 0 amide bonds. The maximum atomic E-state index is 11.1. The van der Waals surface area contributed by atoms with Crippen LogP contribution < -0.4 is 9.80 Å². The van der Waals surface area contributed by atoms with Gasteiger partial charge >= 0.3 is 0 Å². The Kier molecular flexibility index (Phi) is 7.17. The highest BCUT2D eigenvalue weighted by Crippen LogP contribution is 2.59. The van der Waals surface area contributed by atoms with Crippen LogP contribution in [0.3, 0.4) is 0 Å². The van der Waals surface area contributed by atoms with E-state index in [1.54, 1.807) is 0 Å². The summed E-state index contributed by atoms with van der Waals surface area (Å²) in [6.45, 7) is 18.0. The van der Waals surface area contributed by atoms with Crippen molar-refractivity contribution in [2.24, 2.45) is 0 Å². The molecule has 0 radical (unpaired) electrons. The van der Waals surface area contributed by atoms with Crippen molar-refractivity contribution in [3.8, 4) is 6.07 Å². The van der Waals surface area contributed by atoms with Gasteiger partial charge in [-0.25, -0.2) is 4.85 Å². The molecule has 12 rings (SSSR count). The van der Waals surface area contributed by atoms with Crippen molar-refractivity contribution in [1.82, 2.24) is 0 Å². The zero-order valence-corrected chi connectivity index (χ0v) is 35.1. The van der Waals surface area contributed by atoms with Crippen LogP contribution in [0.1, 0.15) is 55.5 Å². The minimum Gasteiger partial charge on any atom is -0.310 e. The molecule has 0 saturated heterocycles. The highest BCUT2D eigenvalue weighted by Gasteiger charge is 2.40. The fourth-order valence-electron chi connectivity index (χ4n) is 10.3. The third-order valence-corrected chi connectivity index (χ3v) is 15.6. The summed E-state index contributed by atoms with van der Waals surface area (Å²) in [4.78, 5) is 8.95.